The van der Waals surface area contributed by atoms with Gasteiger partial charge in [0.15, 0.2) is 6.61 Å². The molecule has 0 bridgehead atoms. The van der Waals surface area contributed by atoms with Crippen molar-refractivity contribution >= 4 is 11.6 Å². The number of ether oxygens (including phenoxy) is 1. The van der Waals surface area contributed by atoms with Crippen molar-refractivity contribution in [3.63, 3.8) is 0 Å². The maximum atomic E-state index is 5.73. The van der Waals surface area contributed by atoms with Gasteiger partial charge in [0.1, 0.15) is 11.6 Å². The number of halogens is 1. The van der Waals surface area contributed by atoms with Crippen LogP contribution in [0, 0.1) is 20.8 Å². The molecule has 2 rings (SSSR count). The van der Waals surface area contributed by atoms with Crippen LogP contribution in [-0.2, 0) is 12.5 Å². The topological polar surface area (TPSA) is 48.2 Å². The Morgan fingerprint density at radius 3 is 2.28 bits per heavy atom. The van der Waals surface area contributed by atoms with Gasteiger partial charge in [-0.05, 0) is 31.9 Å². The van der Waals surface area contributed by atoms with Crippen LogP contribution >= 0.6 is 11.6 Å². The van der Waals surface area contributed by atoms with Crippen molar-refractivity contribution in [3.05, 3.63) is 40.6 Å². The van der Waals surface area contributed by atoms with E-state index in [4.69, 9.17) is 20.8 Å². The van der Waals surface area contributed by atoms with Crippen LogP contribution in [0.1, 0.15) is 28.5 Å². The van der Waals surface area contributed by atoms with E-state index in [0.29, 0.717) is 11.8 Å². The fourth-order valence-electron chi connectivity index (χ4n) is 1.93. The lowest BCUT2D eigenvalue weighted by Crippen LogP contribution is -1.99. The number of benzene rings is 1. The summed E-state index contributed by atoms with van der Waals surface area (Å²) in [5.74, 6) is 1.93. The summed E-state index contributed by atoms with van der Waals surface area (Å²) >= 11 is 5.59. The smallest absolute Gasteiger partial charge is 0.253 e. The van der Waals surface area contributed by atoms with Crippen molar-refractivity contribution in [2.45, 2.75) is 33.3 Å². The monoisotopic (exact) mass is 266 g/mol. The number of hydrogen-bond acceptors (Lipinski definition) is 4. The number of aromatic nitrogens is 2. The maximum absolute atomic E-state index is 5.73. The molecule has 1 heterocycles. The lowest BCUT2D eigenvalue weighted by molar-refractivity contribution is 0.257. The van der Waals surface area contributed by atoms with E-state index < -0.39 is 0 Å². The van der Waals surface area contributed by atoms with Crippen molar-refractivity contribution in [1.29, 1.82) is 0 Å². The van der Waals surface area contributed by atoms with E-state index in [9.17, 15) is 0 Å². The summed E-state index contributed by atoms with van der Waals surface area (Å²) in [6.45, 7) is 6.36. The fourth-order valence-corrected chi connectivity index (χ4v) is 2.04. The third-order valence-electron chi connectivity index (χ3n) is 2.57. The lowest BCUT2D eigenvalue weighted by atomic mass is 10.1. The Balaban J connectivity index is 2.10. The van der Waals surface area contributed by atoms with E-state index in [-0.39, 0.29) is 12.5 Å². The molecule has 0 amide bonds. The first-order valence-electron chi connectivity index (χ1n) is 5.68. The normalized spacial score (nSPS) is 10.7. The van der Waals surface area contributed by atoms with E-state index >= 15 is 0 Å². The summed E-state index contributed by atoms with van der Waals surface area (Å²) in [6, 6.07) is 4.17. The van der Waals surface area contributed by atoms with Crippen LogP contribution in [0.15, 0.2) is 16.5 Å². The molecule has 5 heteroatoms. The van der Waals surface area contributed by atoms with Crippen LogP contribution in [0.2, 0.25) is 0 Å². The van der Waals surface area contributed by atoms with Gasteiger partial charge in [-0.1, -0.05) is 17.7 Å². The van der Waals surface area contributed by atoms with Crippen molar-refractivity contribution < 1.29 is 9.15 Å². The van der Waals surface area contributed by atoms with Crippen LogP contribution < -0.4 is 4.74 Å². The Morgan fingerprint density at radius 1 is 1.11 bits per heavy atom. The average Bonchev–Trinajstić information content (AvgIpc) is 2.75. The summed E-state index contributed by atoms with van der Waals surface area (Å²) in [7, 11) is 0. The molecule has 1 aromatic carbocycles. The first kappa shape index (κ1) is 12.9. The molecule has 0 saturated heterocycles. The average molecular weight is 267 g/mol. The Morgan fingerprint density at radius 2 is 1.72 bits per heavy atom. The molecule has 96 valence electrons. The third kappa shape index (κ3) is 2.82. The molecule has 0 N–H and O–H groups in total. The SMILES string of the molecule is Cc1cc(C)c(OCc2nnc(CCl)o2)c(C)c1. The summed E-state index contributed by atoms with van der Waals surface area (Å²) in [5, 5.41) is 7.63. The summed E-state index contributed by atoms with van der Waals surface area (Å²) in [5.41, 5.74) is 3.42. The van der Waals surface area contributed by atoms with Gasteiger partial charge in [0.2, 0.25) is 5.89 Å². The van der Waals surface area contributed by atoms with Crippen LogP contribution in [0.5, 0.6) is 5.75 Å². The highest BCUT2D eigenvalue weighted by Crippen LogP contribution is 2.25. The molecule has 0 aliphatic rings. The molecule has 0 radical (unpaired) electrons. The summed E-state index contributed by atoms with van der Waals surface area (Å²) < 4.78 is 11.0. The highest BCUT2D eigenvalue weighted by atomic mass is 35.5. The zero-order chi connectivity index (χ0) is 13.1. The van der Waals surface area contributed by atoms with Gasteiger partial charge in [-0.2, -0.15) is 0 Å². The molecule has 0 aliphatic carbocycles. The van der Waals surface area contributed by atoms with E-state index in [0.717, 1.165) is 16.9 Å². The molecule has 0 spiro atoms. The molecule has 0 atom stereocenters. The highest BCUT2D eigenvalue weighted by molar-refractivity contribution is 6.16. The molecule has 4 nitrogen and oxygen atoms in total. The Hall–Kier alpha value is -1.55. The van der Waals surface area contributed by atoms with E-state index in [2.05, 4.69) is 29.3 Å². The van der Waals surface area contributed by atoms with E-state index in [1.165, 1.54) is 5.56 Å². The molecule has 0 aliphatic heterocycles. The predicted octanol–water partition coefficient (Wildman–Crippen LogP) is 3.31. The van der Waals surface area contributed by atoms with E-state index in [1.54, 1.807) is 0 Å². The largest absolute Gasteiger partial charge is 0.483 e. The Kier molecular flexibility index (Phi) is 3.87. The van der Waals surface area contributed by atoms with Gasteiger partial charge >= 0.3 is 0 Å². The fraction of sp³-hybridized carbons (Fsp3) is 0.385. The first-order valence-corrected chi connectivity index (χ1v) is 6.21. The second-order valence-electron chi connectivity index (χ2n) is 4.24. The quantitative estimate of drug-likeness (QED) is 0.797. The minimum absolute atomic E-state index is 0.218. The van der Waals surface area contributed by atoms with Crippen LogP contribution in [0.3, 0.4) is 0 Å². The summed E-state index contributed by atoms with van der Waals surface area (Å²) in [6.07, 6.45) is 0. The van der Waals surface area contributed by atoms with Crippen molar-refractivity contribution in [1.82, 2.24) is 10.2 Å². The zero-order valence-electron chi connectivity index (χ0n) is 10.7. The van der Waals surface area contributed by atoms with Gasteiger partial charge in [-0.25, -0.2) is 0 Å². The molecular weight excluding hydrogens is 252 g/mol. The second-order valence-corrected chi connectivity index (χ2v) is 4.51. The number of rotatable bonds is 4. The van der Waals surface area contributed by atoms with Gasteiger partial charge in [-0.15, -0.1) is 21.8 Å². The van der Waals surface area contributed by atoms with Crippen molar-refractivity contribution in [2.24, 2.45) is 0 Å². The Labute approximate surface area is 111 Å². The molecule has 18 heavy (non-hydrogen) atoms. The molecule has 0 unspecified atom stereocenters. The standard InChI is InChI=1S/C13H15ClN2O2/c1-8-4-9(2)13(10(3)5-8)17-7-12-16-15-11(6-14)18-12/h4-5H,6-7H2,1-3H3. The minimum Gasteiger partial charge on any atom is -0.483 e. The van der Waals surface area contributed by atoms with Crippen LogP contribution in [0.4, 0.5) is 0 Å². The molecule has 1 aromatic heterocycles. The van der Waals surface area contributed by atoms with Gasteiger partial charge in [-0.3, -0.25) is 0 Å². The van der Waals surface area contributed by atoms with Crippen LogP contribution in [-0.4, -0.2) is 10.2 Å². The maximum Gasteiger partial charge on any atom is 0.253 e. The first-order chi connectivity index (χ1) is 8.60. The minimum atomic E-state index is 0.218. The van der Waals surface area contributed by atoms with E-state index in [1.807, 2.05) is 13.8 Å². The number of hydrogen-bond donors (Lipinski definition) is 0. The predicted molar refractivity (Wildman–Crippen MR) is 68.8 cm³/mol. The van der Waals surface area contributed by atoms with Crippen LogP contribution in [0.25, 0.3) is 0 Å². The zero-order valence-corrected chi connectivity index (χ0v) is 11.4. The Bertz CT molecular complexity index is 529. The molecular formula is C13H15ClN2O2. The number of nitrogens with zero attached hydrogens (tertiary/aromatic N) is 2. The van der Waals surface area contributed by atoms with Crippen molar-refractivity contribution in [3.8, 4) is 5.75 Å². The molecule has 2 aromatic rings. The van der Waals surface area contributed by atoms with Gasteiger partial charge in [0.05, 0.1) is 0 Å². The lowest BCUT2D eigenvalue weighted by Gasteiger charge is -2.11. The van der Waals surface area contributed by atoms with Gasteiger partial charge in [0, 0.05) is 0 Å². The second kappa shape index (κ2) is 5.40. The third-order valence-corrected chi connectivity index (χ3v) is 2.80. The highest BCUT2D eigenvalue weighted by Gasteiger charge is 2.09. The molecule has 0 fully saturated rings. The summed E-state index contributed by atoms with van der Waals surface area (Å²) in [4.78, 5) is 0. The number of aryl methyl sites for hydroxylation is 3. The van der Waals surface area contributed by atoms with Crippen molar-refractivity contribution in [2.75, 3.05) is 0 Å². The number of alkyl halides is 1. The van der Waals surface area contributed by atoms with Gasteiger partial charge < -0.3 is 9.15 Å². The molecule has 0 saturated carbocycles. The van der Waals surface area contributed by atoms with Gasteiger partial charge in [0.25, 0.3) is 5.89 Å².